The van der Waals surface area contributed by atoms with Gasteiger partial charge in [0.05, 0.1) is 5.69 Å². The van der Waals surface area contributed by atoms with Gasteiger partial charge in [0.1, 0.15) is 24.0 Å². The molecule has 2 aromatic rings. The maximum Gasteiger partial charge on any atom is 0.140 e. The first-order chi connectivity index (χ1) is 8.69. The van der Waals surface area contributed by atoms with E-state index >= 15 is 0 Å². The second-order valence-corrected chi connectivity index (χ2v) is 5.12. The Morgan fingerprint density at radius 1 is 1.39 bits per heavy atom. The molecule has 0 atom stereocenters. The number of hydrogen-bond donors (Lipinski definition) is 1. The minimum Gasteiger partial charge on any atom is -0.486 e. The summed E-state index contributed by atoms with van der Waals surface area (Å²) in [5.74, 6) is 5.80. The molecule has 1 aromatic heterocycles. The molecule has 0 aliphatic rings. The largest absolute Gasteiger partial charge is 0.486 e. The van der Waals surface area contributed by atoms with E-state index in [0.717, 1.165) is 22.0 Å². The van der Waals surface area contributed by atoms with Gasteiger partial charge >= 0.3 is 0 Å². The van der Waals surface area contributed by atoms with Gasteiger partial charge in [-0.15, -0.1) is 11.3 Å². The summed E-state index contributed by atoms with van der Waals surface area (Å²) in [6, 6.07) is 5.53. The van der Waals surface area contributed by atoms with Gasteiger partial charge < -0.3 is 4.74 Å². The number of thiazole rings is 1. The summed E-state index contributed by atoms with van der Waals surface area (Å²) in [5, 5.41) is 3.49. The summed E-state index contributed by atoms with van der Waals surface area (Å²) in [5.41, 5.74) is 1.82. The van der Waals surface area contributed by atoms with Crippen LogP contribution in [0.3, 0.4) is 0 Å². The molecule has 96 valence electrons. The van der Waals surface area contributed by atoms with Crippen molar-refractivity contribution in [2.75, 3.05) is 0 Å². The summed E-state index contributed by atoms with van der Waals surface area (Å²) in [7, 11) is 0. The Morgan fingerprint density at radius 3 is 2.94 bits per heavy atom. The van der Waals surface area contributed by atoms with Crippen LogP contribution in [-0.4, -0.2) is 4.98 Å². The smallest absolute Gasteiger partial charge is 0.140 e. The normalized spacial score (nSPS) is 10.6. The molecule has 6 heteroatoms. The molecule has 0 saturated carbocycles. The lowest BCUT2D eigenvalue weighted by Gasteiger charge is -2.07. The van der Waals surface area contributed by atoms with Crippen molar-refractivity contribution in [1.29, 1.82) is 0 Å². The molecule has 0 saturated heterocycles. The van der Waals surface area contributed by atoms with Crippen molar-refractivity contribution in [3.63, 3.8) is 0 Å². The van der Waals surface area contributed by atoms with E-state index in [1.54, 1.807) is 6.07 Å². The highest BCUT2D eigenvalue weighted by Crippen LogP contribution is 2.23. The number of rotatable bonds is 5. The Kier molecular flexibility index (Phi) is 4.54. The first kappa shape index (κ1) is 13.3. The van der Waals surface area contributed by atoms with Crippen LogP contribution in [0, 0.1) is 6.92 Å². The number of hydrogen-bond acceptors (Lipinski definition) is 5. The molecule has 2 rings (SSSR count). The quantitative estimate of drug-likeness (QED) is 0.857. The van der Waals surface area contributed by atoms with Crippen molar-refractivity contribution < 1.29 is 9.57 Å². The van der Waals surface area contributed by atoms with E-state index in [2.05, 4.69) is 9.82 Å². The van der Waals surface area contributed by atoms with Crippen LogP contribution in [-0.2, 0) is 18.1 Å². The first-order valence-electron chi connectivity index (χ1n) is 5.33. The highest BCUT2D eigenvalue weighted by Gasteiger charge is 2.05. The van der Waals surface area contributed by atoms with E-state index in [4.69, 9.17) is 22.2 Å². The molecule has 18 heavy (non-hydrogen) atoms. The van der Waals surface area contributed by atoms with Crippen LogP contribution in [0.4, 0.5) is 0 Å². The van der Waals surface area contributed by atoms with Crippen molar-refractivity contribution in [2.45, 2.75) is 20.1 Å². The molecule has 0 aliphatic heterocycles. The first-order valence-corrected chi connectivity index (χ1v) is 6.58. The minimum atomic E-state index is 0.316. The molecule has 0 spiro atoms. The van der Waals surface area contributed by atoms with Gasteiger partial charge in [-0.2, -0.15) is 0 Å². The summed E-state index contributed by atoms with van der Waals surface area (Å²) >= 11 is 7.40. The van der Waals surface area contributed by atoms with Gasteiger partial charge in [-0.25, -0.2) is 10.9 Å². The zero-order valence-corrected chi connectivity index (χ0v) is 11.4. The highest BCUT2D eigenvalue weighted by atomic mass is 35.5. The molecule has 2 N–H and O–H groups in total. The zero-order chi connectivity index (χ0) is 13.0. The lowest BCUT2D eigenvalue weighted by atomic mass is 10.2. The molecular weight excluding hydrogens is 272 g/mol. The fourth-order valence-corrected chi connectivity index (χ4v) is 2.40. The second-order valence-electron chi connectivity index (χ2n) is 3.74. The van der Waals surface area contributed by atoms with Crippen molar-refractivity contribution in [2.24, 2.45) is 5.90 Å². The number of nitrogens with two attached hydrogens (primary N) is 1. The molecular formula is C12H13ClN2O2S. The molecule has 0 aliphatic carbocycles. The van der Waals surface area contributed by atoms with E-state index in [1.165, 1.54) is 11.3 Å². The third-order valence-corrected chi connectivity index (χ3v) is 3.42. The predicted molar refractivity (Wildman–Crippen MR) is 71.6 cm³/mol. The molecule has 0 bridgehead atoms. The number of halogens is 1. The number of aryl methyl sites for hydroxylation is 1. The van der Waals surface area contributed by atoms with Gasteiger partial charge in [-0.05, 0) is 30.7 Å². The lowest BCUT2D eigenvalue weighted by Crippen LogP contribution is -2.00. The van der Waals surface area contributed by atoms with Crippen molar-refractivity contribution in [3.8, 4) is 5.75 Å². The SMILES string of the molecule is Cc1cc(Cl)ccc1OCc1nc(CON)cs1. The van der Waals surface area contributed by atoms with E-state index in [1.807, 2.05) is 24.4 Å². The predicted octanol–water partition coefficient (Wildman–Crippen LogP) is 3.07. The van der Waals surface area contributed by atoms with Crippen LogP contribution in [0.1, 0.15) is 16.3 Å². The zero-order valence-electron chi connectivity index (χ0n) is 9.85. The fraction of sp³-hybridized carbons (Fsp3) is 0.250. The average Bonchev–Trinajstić information content (AvgIpc) is 2.76. The Hall–Kier alpha value is -1.14. The van der Waals surface area contributed by atoms with Gasteiger partial charge in [0.15, 0.2) is 0 Å². The Balaban J connectivity index is 1.97. The van der Waals surface area contributed by atoms with E-state index in [-0.39, 0.29) is 0 Å². The molecule has 1 aromatic carbocycles. The van der Waals surface area contributed by atoms with Gasteiger partial charge in [-0.1, -0.05) is 11.6 Å². The Labute approximate surface area is 114 Å². The molecule has 1 heterocycles. The van der Waals surface area contributed by atoms with Gasteiger partial charge in [0.25, 0.3) is 0 Å². The van der Waals surface area contributed by atoms with E-state index in [0.29, 0.717) is 18.2 Å². The Bertz CT molecular complexity index is 531. The number of ether oxygens (including phenoxy) is 1. The summed E-state index contributed by atoms with van der Waals surface area (Å²) in [4.78, 5) is 8.85. The summed E-state index contributed by atoms with van der Waals surface area (Å²) in [6.07, 6.45) is 0. The maximum absolute atomic E-state index is 5.88. The van der Waals surface area contributed by atoms with Crippen LogP contribution in [0.15, 0.2) is 23.6 Å². The lowest BCUT2D eigenvalue weighted by molar-refractivity contribution is 0.121. The van der Waals surface area contributed by atoms with Crippen molar-refractivity contribution >= 4 is 22.9 Å². The van der Waals surface area contributed by atoms with Crippen LogP contribution in [0.2, 0.25) is 5.02 Å². The van der Waals surface area contributed by atoms with Crippen LogP contribution in [0.25, 0.3) is 0 Å². The topological polar surface area (TPSA) is 57.4 Å². The maximum atomic E-state index is 5.88. The number of benzene rings is 1. The van der Waals surface area contributed by atoms with Crippen molar-refractivity contribution in [1.82, 2.24) is 4.98 Å². The molecule has 0 unspecified atom stereocenters. The van der Waals surface area contributed by atoms with Crippen LogP contribution >= 0.6 is 22.9 Å². The van der Waals surface area contributed by atoms with Crippen LogP contribution < -0.4 is 10.6 Å². The average molecular weight is 285 g/mol. The second kappa shape index (κ2) is 6.15. The minimum absolute atomic E-state index is 0.316. The third-order valence-electron chi connectivity index (χ3n) is 2.32. The monoisotopic (exact) mass is 284 g/mol. The fourth-order valence-electron chi connectivity index (χ4n) is 1.48. The summed E-state index contributed by atoms with van der Waals surface area (Å²) in [6.45, 7) is 2.70. The standard InChI is InChI=1S/C12H13ClN2O2S/c1-8-4-9(13)2-3-11(8)16-6-12-15-10(5-17-14)7-18-12/h2-4,7H,5-6,14H2,1H3. The van der Waals surface area contributed by atoms with E-state index in [9.17, 15) is 0 Å². The Morgan fingerprint density at radius 2 is 2.22 bits per heavy atom. The van der Waals surface area contributed by atoms with Gasteiger partial charge in [0.2, 0.25) is 0 Å². The highest BCUT2D eigenvalue weighted by molar-refractivity contribution is 7.09. The number of nitrogens with zero attached hydrogens (tertiary/aromatic N) is 1. The molecule has 0 radical (unpaired) electrons. The summed E-state index contributed by atoms with van der Waals surface area (Å²) < 4.78 is 5.69. The van der Waals surface area contributed by atoms with E-state index < -0.39 is 0 Å². The van der Waals surface area contributed by atoms with Crippen LogP contribution in [0.5, 0.6) is 5.75 Å². The molecule has 0 fully saturated rings. The van der Waals surface area contributed by atoms with Gasteiger partial charge in [0, 0.05) is 10.4 Å². The molecule has 4 nitrogen and oxygen atoms in total. The molecule has 0 amide bonds. The third kappa shape index (κ3) is 3.43. The van der Waals surface area contributed by atoms with Crippen molar-refractivity contribution in [3.05, 3.63) is 44.9 Å². The number of aromatic nitrogens is 1. The van der Waals surface area contributed by atoms with Gasteiger partial charge in [-0.3, -0.25) is 4.84 Å².